The highest BCUT2D eigenvalue weighted by atomic mass is 19.1. The van der Waals surface area contributed by atoms with E-state index in [2.05, 4.69) is 10.1 Å². The van der Waals surface area contributed by atoms with Crippen molar-refractivity contribution in [3.8, 4) is 17.2 Å². The lowest BCUT2D eigenvalue weighted by Gasteiger charge is -2.44. The minimum atomic E-state index is -0.903. The fourth-order valence-electron chi connectivity index (χ4n) is 3.83. The lowest BCUT2D eigenvalue weighted by atomic mass is 10.0. The molecule has 1 N–H and O–H groups in total. The highest BCUT2D eigenvalue weighted by Gasteiger charge is 2.35. The van der Waals surface area contributed by atoms with E-state index in [1.807, 2.05) is 0 Å². The van der Waals surface area contributed by atoms with Gasteiger partial charge in [-0.15, -0.1) is 0 Å². The normalized spacial score (nSPS) is 17.2. The van der Waals surface area contributed by atoms with Crippen LogP contribution in [0, 0.1) is 23.3 Å². The molecule has 4 aromatic rings. The molecule has 3 heterocycles. The van der Waals surface area contributed by atoms with Gasteiger partial charge in [0.1, 0.15) is 23.8 Å². The standard InChI is InChI=1S/C24H19F4N5O3/c1-13-20(34)11-32(13)23-8-22(19(28)9-29-23)36-21-6-5-14(7-18(21)27)33-24(35)31(12-30-33)10-15-16(25)3-2-4-17(15)26/h2-9,12-13,20,34H,10-11H2,1H3/t13-,20-/m0/s1. The number of ether oxygens (including phenoxy) is 1. The molecule has 1 fully saturated rings. The van der Waals surface area contributed by atoms with E-state index in [-0.39, 0.29) is 28.8 Å². The van der Waals surface area contributed by atoms with E-state index in [1.54, 1.807) is 11.8 Å². The molecule has 0 spiro atoms. The number of rotatable bonds is 6. The van der Waals surface area contributed by atoms with E-state index in [0.29, 0.717) is 12.4 Å². The zero-order valence-corrected chi connectivity index (χ0v) is 18.8. The summed E-state index contributed by atoms with van der Waals surface area (Å²) in [5, 5.41) is 13.6. The number of benzene rings is 2. The molecule has 0 bridgehead atoms. The van der Waals surface area contributed by atoms with Crippen LogP contribution in [-0.4, -0.2) is 43.1 Å². The van der Waals surface area contributed by atoms with Gasteiger partial charge in [0, 0.05) is 24.2 Å². The Balaban J connectivity index is 1.38. The zero-order chi connectivity index (χ0) is 25.6. The smallest absolute Gasteiger partial charge is 0.350 e. The van der Waals surface area contributed by atoms with Gasteiger partial charge in [0.25, 0.3) is 0 Å². The third-order valence-electron chi connectivity index (χ3n) is 6.04. The van der Waals surface area contributed by atoms with Crippen molar-refractivity contribution in [1.82, 2.24) is 19.3 Å². The van der Waals surface area contributed by atoms with Crippen molar-refractivity contribution in [1.29, 1.82) is 0 Å². The van der Waals surface area contributed by atoms with Crippen molar-refractivity contribution in [2.24, 2.45) is 0 Å². The molecule has 2 atom stereocenters. The van der Waals surface area contributed by atoms with Gasteiger partial charge in [-0.1, -0.05) is 6.07 Å². The molecule has 1 aliphatic heterocycles. The predicted octanol–water partition coefficient (Wildman–Crippen LogP) is 3.40. The van der Waals surface area contributed by atoms with Crippen LogP contribution < -0.4 is 15.3 Å². The van der Waals surface area contributed by atoms with Crippen LogP contribution in [0.5, 0.6) is 11.5 Å². The van der Waals surface area contributed by atoms with Gasteiger partial charge < -0.3 is 14.7 Å². The largest absolute Gasteiger partial charge is 0.451 e. The Labute approximate surface area is 201 Å². The monoisotopic (exact) mass is 501 g/mol. The van der Waals surface area contributed by atoms with Crippen molar-refractivity contribution in [3.63, 3.8) is 0 Å². The topological polar surface area (TPSA) is 85.4 Å². The Bertz CT molecular complexity index is 1490. The number of β-amino-alcohol motifs (C(OH)–C–C–N with tert-alkyl or cyclic N) is 1. The molecule has 0 aliphatic carbocycles. The quantitative estimate of drug-likeness (QED) is 0.408. The molecule has 2 aromatic carbocycles. The van der Waals surface area contributed by atoms with E-state index in [4.69, 9.17) is 4.74 Å². The number of hydrogen-bond donors (Lipinski definition) is 1. The fourth-order valence-corrected chi connectivity index (χ4v) is 3.83. The summed E-state index contributed by atoms with van der Waals surface area (Å²) in [7, 11) is 0. The minimum absolute atomic E-state index is 0.0249. The van der Waals surface area contributed by atoms with Crippen molar-refractivity contribution < 1.29 is 27.4 Å². The van der Waals surface area contributed by atoms with Gasteiger partial charge >= 0.3 is 5.69 Å². The second-order valence-corrected chi connectivity index (χ2v) is 8.30. The average molecular weight is 501 g/mol. The van der Waals surface area contributed by atoms with Gasteiger partial charge in [0.05, 0.1) is 30.6 Å². The second-order valence-electron chi connectivity index (χ2n) is 8.30. The predicted molar refractivity (Wildman–Crippen MR) is 120 cm³/mol. The molecule has 36 heavy (non-hydrogen) atoms. The number of aromatic nitrogens is 4. The van der Waals surface area contributed by atoms with Gasteiger partial charge in [-0.2, -0.15) is 9.78 Å². The molecule has 0 amide bonds. The lowest BCUT2D eigenvalue weighted by Crippen LogP contribution is -2.59. The highest BCUT2D eigenvalue weighted by molar-refractivity contribution is 5.50. The third kappa shape index (κ3) is 4.19. The maximum atomic E-state index is 14.8. The highest BCUT2D eigenvalue weighted by Crippen LogP contribution is 2.32. The van der Waals surface area contributed by atoms with Crippen molar-refractivity contribution in [2.45, 2.75) is 25.6 Å². The second kappa shape index (κ2) is 9.11. The number of halogens is 4. The molecule has 1 aliphatic rings. The molecule has 0 saturated carbocycles. The van der Waals surface area contributed by atoms with Crippen molar-refractivity contribution in [2.75, 3.05) is 11.4 Å². The molecular weight excluding hydrogens is 482 g/mol. The maximum Gasteiger partial charge on any atom is 0.350 e. The Morgan fingerprint density at radius 1 is 1.03 bits per heavy atom. The summed E-state index contributed by atoms with van der Waals surface area (Å²) in [6.07, 6.45) is 1.50. The summed E-state index contributed by atoms with van der Waals surface area (Å²) in [6.45, 7) is 1.71. The first-order valence-electron chi connectivity index (χ1n) is 10.9. The molecular formula is C24H19F4N5O3. The maximum absolute atomic E-state index is 14.8. The van der Waals surface area contributed by atoms with Crippen LogP contribution in [0.15, 0.2) is 59.8 Å². The molecule has 12 heteroatoms. The van der Waals surface area contributed by atoms with E-state index in [0.717, 1.165) is 40.0 Å². The summed E-state index contributed by atoms with van der Waals surface area (Å²) in [5.74, 6) is -3.56. The first-order valence-corrected chi connectivity index (χ1v) is 10.9. The van der Waals surface area contributed by atoms with Gasteiger partial charge in [-0.3, -0.25) is 4.57 Å². The van der Waals surface area contributed by atoms with Crippen LogP contribution in [0.3, 0.4) is 0 Å². The Morgan fingerprint density at radius 3 is 2.44 bits per heavy atom. The summed E-state index contributed by atoms with van der Waals surface area (Å²) < 4.78 is 64.3. The summed E-state index contributed by atoms with van der Waals surface area (Å²) in [5.41, 5.74) is -1.03. The van der Waals surface area contributed by atoms with E-state index in [1.165, 1.54) is 24.3 Å². The number of aliphatic hydroxyl groups excluding tert-OH is 1. The lowest BCUT2D eigenvalue weighted by molar-refractivity contribution is 0.0986. The Morgan fingerprint density at radius 2 is 1.78 bits per heavy atom. The SMILES string of the molecule is C[C@H]1[C@@H](O)CN1c1cc(Oc2ccc(-n3ncn(Cc4c(F)cccc4F)c3=O)cc2F)c(F)cn1. The van der Waals surface area contributed by atoms with Crippen molar-refractivity contribution >= 4 is 5.82 Å². The average Bonchev–Trinajstić information content (AvgIpc) is 3.22. The number of nitrogens with zero attached hydrogens (tertiary/aromatic N) is 5. The van der Waals surface area contributed by atoms with Gasteiger partial charge in [-0.05, 0) is 31.2 Å². The van der Waals surface area contributed by atoms with Gasteiger partial charge in [0.15, 0.2) is 23.1 Å². The van der Waals surface area contributed by atoms with Crippen LogP contribution in [0.2, 0.25) is 0 Å². The van der Waals surface area contributed by atoms with E-state index in [9.17, 15) is 27.5 Å². The Kier molecular flexibility index (Phi) is 5.96. The van der Waals surface area contributed by atoms with Gasteiger partial charge in [-0.25, -0.2) is 27.3 Å². The molecule has 8 nitrogen and oxygen atoms in total. The van der Waals surface area contributed by atoms with Crippen LogP contribution in [0.25, 0.3) is 5.69 Å². The van der Waals surface area contributed by atoms with Gasteiger partial charge in [0.2, 0.25) is 0 Å². The minimum Gasteiger partial charge on any atom is -0.451 e. The third-order valence-corrected chi connectivity index (χ3v) is 6.04. The number of hydrogen-bond acceptors (Lipinski definition) is 6. The van der Waals surface area contributed by atoms with Crippen LogP contribution >= 0.6 is 0 Å². The molecule has 186 valence electrons. The number of aliphatic hydroxyl groups is 1. The van der Waals surface area contributed by atoms with Crippen LogP contribution in [-0.2, 0) is 6.54 Å². The number of anilines is 1. The molecule has 5 rings (SSSR count). The van der Waals surface area contributed by atoms with Crippen molar-refractivity contribution in [3.05, 3.63) is 94.3 Å². The first kappa shape index (κ1) is 23.5. The molecule has 1 saturated heterocycles. The molecule has 0 unspecified atom stereocenters. The zero-order valence-electron chi connectivity index (χ0n) is 18.8. The first-order chi connectivity index (χ1) is 17.2. The number of pyridine rings is 1. The van der Waals surface area contributed by atoms with E-state index < -0.39 is 41.6 Å². The van der Waals surface area contributed by atoms with Crippen LogP contribution in [0.4, 0.5) is 23.4 Å². The summed E-state index contributed by atoms with van der Waals surface area (Å²) in [4.78, 5) is 18.4. The van der Waals surface area contributed by atoms with Crippen LogP contribution in [0.1, 0.15) is 12.5 Å². The summed E-state index contributed by atoms with van der Waals surface area (Å²) in [6, 6.07) is 7.94. The van der Waals surface area contributed by atoms with E-state index >= 15 is 0 Å². The molecule has 2 aromatic heterocycles. The molecule has 0 radical (unpaired) electrons. The Hall–Kier alpha value is -4.19. The summed E-state index contributed by atoms with van der Waals surface area (Å²) >= 11 is 0. The fraction of sp³-hybridized carbons (Fsp3) is 0.208.